The maximum absolute atomic E-state index is 9.26. The summed E-state index contributed by atoms with van der Waals surface area (Å²) in [7, 11) is 0. The first-order valence-electron chi connectivity index (χ1n) is 7.69. The van der Waals surface area contributed by atoms with Crippen LogP contribution in [0.1, 0.15) is 64.7 Å². The van der Waals surface area contributed by atoms with Crippen molar-refractivity contribution in [3.63, 3.8) is 0 Å². The lowest BCUT2D eigenvalue weighted by molar-refractivity contribution is 0.0586. The van der Waals surface area contributed by atoms with Crippen LogP contribution in [0.15, 0.2) is 0 Å². The number of hydrogen-bond donors (Lipinski definition) is 1. The highest BCUT2D eigenvalue weighted by molar-refractivity contribution is 4.87. The van der Waals surface area contributed by atoms with Gasteiger partial charge in [0.1, 0.15) is 0 Å². The molecule has 0 aromatic carbocycles. The number of likely N-dealkylation sites (tertiary alicyclic amines) is 1. The van der Waals surface area contributed by atoms with Gasteiger partial charge in [-0.3, -0.25) is 0 Å². The molecule has 0 amide bonds. The second kappa shape index (κ2) is 6.75. The number of nitrogens with zero attached hydrogens (tertiary/aromatic N) is 1. The molecule has 1 saturated heterocycles. The first-order valence-corrected chi connectivity index (χ1v) is 7.69. The minimum atomic E-state index is -0.112. The Morgan fingerprint density at radius 3 is 2.71 bits per heavy atom. The van der Waals surface area contributed by atoms with Gasteiger partial charge in [0.25, 0.3) is 0 Å². The van der Waals surface area contributed by atoms with Crippen LogP contribution in [0.3, 0.4) is 0 Å². The molecule has 1 aliphatic heterocycles. The van der Waals surface area contributed by atoms with Gasteiger partial charge in [0.2, 0.25) is 0 Å². The summed E-state index contributed by atoms with van der Waals surface area (Å²) in [6.45, 7) is 4.50. The third-order valence-electron chi connectivity index (χ3n) is 4.68. The minimum Gasteiger partial charge on any atom is -0.393 e. The van der Waals surface area contributed by atoms with Crippen LogP contribution in [-0.2, 0) is 0 Å². The lowest BCUT2D eigenvalue weighted by Crippen LogP contribution is -2.47. The van der Waals surface area contributed by atoms with Gasteiger partial charge in [-0.2, -0.15) is 0 Å². The molecule has 1 aliphatic carbocycles. The molecular weight excluding hydrogens is 210 g/mol. The van der Waals surface area contributed by atoms with E-state index in [-0.39, 0.29) is 6.10 Å². The average Bonchev–Trinajstić information content (AvgIpc) is 2.34. The fourth-order valence-electron chi connectivity index (χ4n) is 3.76. The van der Waals surface area contributed by atoms with Crippen LogP contribution in [0.4, 0.5) is 0 Å². The van der Waals surface area contributed by atoms with Crippen molar-refractivity contribution in [2.75, 3.05) is 13.1 Å². The van der Waals surface area contributed by atoms with E-state index in [1.165, 1.54) is 64.5 Å². The highest BCUT2D eigenvalue weighted by Gasteiger charge is 2.32. The van der Waals surface area contributed by atoms with E-state index in [2.05, 4.69) is 4.90 Å². The Morgan fingerprint density at radius 1 is 1.12 bits per heavy atom. The molecule has 2 heteroatoms. The van der Waals surface area contributed by atoms with Crippen LogP contribution >= 0.6 is 0 Å². The molecule has 3 atom stereocenters. The van der Waals surface area contributed by atoms with Crippen molar-refractivity contribution in [3.05, 3.63) is 0 Å². The smallest absolute Gasteiger partial charge is 0.0512 e. The van der Waals surface area contributed by atoms with E-state index in [0.29, 0.717) is 0 Å². The van der Waals surface area contributed by atoms with Crippen molar-refractivity contribution < 1.29 is 5.11 Å². The van der Waals surface area contributed by atoms with Gasteiger partial charge in [0.15, 0.2) is 0 Å². The standard InChI is InChI=1S/C15H29NO/c1-13(17)7-4-5-11-16-12-6-9-14-8-2-3-10-15(14)16/h13-15,17H,2-12H2,1H3/t13?,14-,15-/m1/s1. The summed E-state index contributed by atoms with van der Waals surface area (Å²) in [5.74, 6) is 1.01. The molecule has 0 radical (unpaired) electrons. The van der Waals surface area contributed by atoms with Crippen molar-refractivity contribution in [3.8, 4) is 0 Å². The normalized spacial score (nSPS) is 32.1. The molecule has 0 spiro atoms. The molecule has 17 heavy (non-hydrogen) atoms. The monoisotopic (exact) mass is 239 g/mol. The minimum absolute atomic E-state index is 0.112. The van der Waals surface area contributed by atoms with Gasteiger partial charge in [-0.25, -0.2) is 0 Å². The van der Waals surface area contributed by atoms with Crippen LogP contribution in [0.5, 0.6) is 0 Å². The summed E-state index contributed by atoms with van der Waals surface area (Å²) in [6.07, 6.45) is 12.1. The maximum Gasteiger partial charge on any atom is 0.0512 e. The van der Waals surface area contributed by atoms with Gasteiger partial charge < -0.3 is 10.0 Å². The number of aliphatic hydroxyl groups is 1. The Morgan fingerprint density at radius 2 is 1.88 bits per heavy atom. The molecule has 2 rings (SSSR count). The van der Waals surface area contributed by atoms with Crippen LogP contribution < -0.4 is 0 Å². The van der Waals surface area contributed by atoms with Gasteiger partial charge in [0, 0.05) is 6.04 Å². The summed E-state index contributed by atoms with van der Waals surface area (Å²) in [4.78, 5) is 2.76. The van der Waals surface area contributed by atoms with Crippen molar-refractivity contribution in [1.29, 1.82) is 0 Å². The lowest BCUT2D eigenvalue weighted by Gasteiger charge is -2.44. The fraction of sp³-hybridized carbons (Fsp3) is 1.00. The molecule has 1 unspecified atom stereocenters. The summed E-state index contributed by atoms with van der Waals surface area (Å²) in [5.41, 5.74) is 0. The zero-order valence-corrected chi connectivity index (χ0v) is 11.4. The zero-order valence-electron chi connectivity index (χ0n) is 11.4. The van der Waals surface area contributed by atoms with E-state index in [9.17, 15) is 5.11 Å². The van der Waals surface area contributed by atoms with Crippen LogP contribution in [0.2, 0.25) is 0 Å². The van der Waals surface area contributed by atoms with Crippen molar-refractivity contribution in [2.24, 2.45) is 5.92 Å². The maximum atomic E-state index is 9.26. The third kappa shape index (κ3) is 3.96. The van der Waals surface area contributed by atoms with Gasteiger partial charge in [-0.1, -0.05) is 12.8 Å². The Balaban J connectivity index is 1.71. The quantitative estimate of drug-likeness (QED) is 0.745. The van der Waals surface area contributed by atoms with Gasteiger partial charge in [0.05, 0.1) is 6.10 Å². The number of unbranched alkanes of at least 4 members (excludes halogenated alkanes) is 1. The van der Waals surface area contributed by atoms with E-state index < -0.39 is 0 Å². The van der Waals surface area contributed by atoms with Crippen LogP contribution in [0, 0.1) is 5.92 Å². The number of fused-ring (bicyclic) bond motifs is 1. The Hall–Kier alpha value is -0.0800. The molecule has 1 N–H and O–H groups in total. The van der Waals surface area contributed by atoms with E-state index in [1.807, 2.05) is 6.92 Å². The summed E-state index contributed by atoms with van der Waals surface area (Å²) < 4.78 is 0. The zero-order chi connectivity index (χ0) is 12.1. The van der Waals surface area contributed by atoms with Crippen LogP contribution in [0.25, 0.3) is 0 Å². The second-order valence-electron chi connectivity index (χ2n) is 6.13. The predicted molar refractivity (Wildman–Crippen MR) is 72.1 cm³/mol. The molecule has 0 bridgehead atoms. The summed E-state index contributed by atoms with van der Waals surface area (Å²) >= 11 is 0. The first kappa shape index (κ1) is 13.4. The number of piperidine rings is 1. The van der Waals surface area contributed by atoms with Gasteiger partial charge in [-0.15, -0.1) is 0 Å². The second-order valence-corrected chi connectivity index (χ2v) is 6.13. The fourth-order valence-corrected chi connectivity index (χ4v) is 3.76. The molecule has 2 aliphatic rings. The first-order chi connectivity index (χ1) is 8.27. The number of aliphatic hydroxyl groups excluding tert-OH is 1. The van der Waals surface area contributed by atoms with Gasteiger partial charge >= 0.3 is 0 Å². The summed E-state index contributed by atoms with van der Waals surface area (Å²) in [5, 5.41) is 9.26. The highest BCUT2D eigenvalue weighted by Crippen LogP contribution is 2.35. The van der Waals surface area contributed by atoms with E-state index in [1.54, 1.807) is 0 Å². The van der Waals surface area contributed by atoms with Crippen molar-refractivity contribution in [2.45, 2.75) is 76.9 Å². The van der Waals surface area contributed by atoms with E-state index in [4.69, 9.17) is 0 Å². The molecule has 0 aromatic heterocycles. The van der Waals surface area contributed by atoms with E-state index >= 15 is 0 Å². The Kier molecular flexibility index (Phi) is 5.30. The van der Waals surface area contributed by atoms with Crippen LogP contribution in [-0.4, -0.2) is 35.2 Å². The molecule has 2 fully saturated rings. The van der Waals surface area contributed by atoms with Crippen molar-refractivity contribution >= 4 is 0 Å². The SMILES string of the molecule is CC(O)CCCCN1CCC[C@H]2CCCC[C@H]21. The Bertz CT molecular complexity index is 215. The topological polar surface area (TPSA) is 23.5 Å². The predicted octanol–water partition coefficient (Wildman–Crippen LogP) is 3.19. The molecule has 2 nitrogen and oxygen atoms in total. The molecule has 0 aromatic rings. The number of hydrogen-bond acceptors (Lipinski definition) is 2. The third-order valence-corrected chi connectivity index (χ3v) is 4.68. The lowest BCUT2D eigenvalue weighted by atomic mass is 9.78. The van der Waals surface area contributed by atoms with Gasteiger partial charge in [-0.05, 0) is 70.9 Å². The van der Waals surface area contributed by atoms with E-state index in [0.717, 1.165) is 18.4 Å². The number of rotatable bonds is 5. The molecule has 100 valence electrons. The molecular formula is C15H29NO. The van der Waals surface area contributed by atoms with Crippen molar-refractivity contribution in [1.82, 2.24) is 4.90 Å². The largest absolute Gasteiger partial charge is 0.393 e. The Labute approximate surface area is 106 Å². The molecule has 1 saturated carbocycles. The molecule has 1 heterocycles. The highest BCUT2D eigenvalue weighted by atomic mass is 16.3. The average molecular weight is 239 g/mol. The summed E-state index contributed by atoms with van der Waals surface area (Å²) in [6, 6.07) is 0.907.